The first-order valence-corrected chi connectivity index (χ1v) is 5.90. The summed E-state index contributed by atoms with van der Waals surface area (Å²) in [5.41, 5.74) is 10.4. The molecule has 0 unspecified atom stereocenters. The molecule has 1 amide bonds. The number of ether oxygens (including phenoxy) is 1. The summed E-state index contributed by atoms with van der Waals surface area (Å²) in [5.74, 6) is -0.627. The fourth-order valence-corrected chi connectivity index (χ4v) is 1.61. The maximum atomic E-state index is 12.3. The maximum Gasteiger partial charge on any atom is 0.298 e. The highest BCUT2D eigenvalue weighted by atomic mass is 16.5. The number of anilines is 1. The van der Waals surface area contributed by atoms with Gasteiger partial charge in [0.1, 0.15) is 13.3 Å². The Morgan fingerprint density at radius 2 is 2.10 bits per heavy atom. The van der Waals surface area contributed by atoms with Gasteiger partial charge in [-0.25, -0.2) is 4.68 Å². The van der Waals surface area contributed by atoms with Crippen molar-refractivity contribution in [1.29, 1.82) is 0 Å². The molecule has 0 aliphatic rings. The standard InChI is InChI=1S/C10H15N7O3/c1-5(2)20-4-17-10(19)8-7(13-15-17)9(12)14-16(8)3-6(11)18/h5H,3-4H2,1-2H3,(H2,11,18)(H2,12,14). The summed E-state index contributed by atoms with van der Waals surface area (Å²) < 4.78 is 7.44. The normalized spacial score (nSPS) is 11.3. The molecular formula is C10H15N7O3. The van der Waals surface area contributed by atoms with E-state index in [2.05, 4.69) is 15.4 Å². The van der Waals surface area contributed by atoms with Crippen LogP contribution in [0.25, 0.3) is 11.0 Å². The van der Waals surface area contributed by atoms with Gasteiger partial charge in [-0.2, -0.15) is 9.78 Å². The van der Waals surface area contributed by atoms with Crippen LogP contribution in [-0.2, 0) is 22.8 Å². The smallest absolute Gasteiger partial charge is 0.298 e. The van der Waals surface area contributed by atoms with Crippen molar-refractivity contribution in [1.82, 2.24) is 24.8 Å². The van der Waals surface area contributed by atoms with Crippen molar-refractivity contribution in [3.63, 3.8) is 0 Å². The van der Waals surface area contributed by atoms with Crippen molar-refractivity contribution in [2.75, 3.05) is 5.73 Å². The Kier molecular flexibility index (Phi) is 3.66. The van der Waals surface area contributed by atoms with Gasteiger partial charge in [0.2, 0.25) is 5.91 Å². The van der Waals surface area contributed by atoms with Gasteiger partial charge in [-0.3, -0.25) is 9.59 Å². The Balaban J connectivity index is 2.52. The van der Waals surface area contributed by atoms with Crippen molar-refractivity contribution < 1.29 is 9.53 Å². The van der Waals surface area contributed by atoms with Crippen LogP contribution in [0, 0.1) is 0 Å². The van der Waals surface area contributed by atoms with Gasteiger partial charge in [0.25, 0.3) is 5.56 Å². The lowest BCUT2D eigenvalue weighted by molar-refractivity contribution is -0.118. The number of nitrogens with two attached hydrogens (primary N) is 2. The predicted octanol–water partition coefficient (Wildman–Crippen LogP) is -1.56. The van der Waals surface area contributed by atoms with Gasteiger partial charge < -0.3 is 16.2 Å². The van der Waals surface area contributed by atoms with Crippen LogP contribution < -0.4 is 17.0 Å². The van der Waals surface area contributed by atoms with Gasteiger partial charge in [0, 0.05) is 0 Å². The lowest BCUT2D eigenvalue weighted by atomic mass is 10.4. The number of aromatic nitrogens is 5. The maximum absolute atomic E-state index is 12.3. The molecule has 2 aromatic heterocycles. The SMILES string of the molecule is CC(C)OCn1nnc2c(N)nn(CC(N)=O)c2c1=O. The fourth-order valence-electron chi connectivity index (χ4n) is 1.61. The second kappa shape index (κ2) is 5.25. The van der Waals surface area contributed by atoms with E-state index in [-0.39, 0.29) is 36.2 Å². The molecule has 0 radical (unpaired) electrons. The zero-order valence-corrected chi connectivity index (χ0v) is 11.1. The molecule has 2 heterocycles. The van der Waals surface area contributed by atoms with Gasteiger partial charge in [-0.1, -0.05) is 5.21 Å². The molecular weight excluding hydrogens is 266 g/mol. The molecule has 4 N–H and O–H groups in total. The van der Waals surface area contributed by atoms with Crippen LogP contribution >= 0.6 is 0 Å². The Morgan fingerprint density at radius 3 is 2.70 bits per heavy atom. The summed E-state index contributed by atoms with van der Waals surface area (Å²) in [6.45, 7) is 3.33. The Hall–Kier alpha value is -2.49. The first-order chi connectivity index (χ1) is 9.40. The number of carbonyl (C=O) groups is 1. The zero-order chi connectivity index (χ0) is 14.9. The first kappa shape index (κ1) is 13.9. The molecule has 0 bridgehead atoms. The summed E-state index contributed by atoms with van der Waals surface area (Å²) in [7, 11) is 0. The van der Waals surface area contributed by atoms with Crippen molar-refractivity contribution in [3.8, 4) is 0 Å². The summed E-state index contributed by atoms with van der Waals surface area (Å²) >= 11 is 0. The van der Waals surface area contributed by atoms with E-state index in [1.165, 1.54) is 0 Å². The molecule has 10 nitrogen and oxygen atoms in total. The number of fused-ring (bicyclic) bond motifs is 1. The minimum absolute atomic E-state index is 0.0165. The average molecular weight is 281 g/mol. The largest absolute Gasteiger partial charge is 0.380 e. The molecule has 10 heteroatoms. The fraction of sp³-hybridized carbons (Fsp3) is 0.500. The number of hydrogen-bond acceptors (Lipinski definition) is 7. The third kappa shape index (κ3) is 2.59. The molecule has 108 valence electrons. The topological polar surface area (TPSA) is 144 Å². The number of primary amides is 1. The minimum atomic E-state index is -0.643. The van der Waals surface area contributed by atoms with E-state index in [4.69, 9.17) is 16.2 Å². The predicted molar refractivity (Wildman–Crippen MR) is 69.4 cm³/mol. The van der Waals surface area contributed by atoms with Crippen LogP contribution in [0.15, 0.2) is 4.79 Å². The lowest BCUT2D eigenvalue weighted by Gasteiger charge is -2.08. The van der Waals surface area contributed by atoms with Crippen LogP contribution in [0.1, 0.15) is 13.8 Å². The molecule has 0 atom stereocenters. The van der Waals surface area contributed by atoms with Crippen LogP contribution in [0.3, 0.4) is 0 Å². The van der Waals surface area contributed by atoms with Crippen LogP contribution in [0.4, 0.5) is 5.82 Å². The number of rotatable bonds is 5. The van der Waals surface area contributed by atoms with Gasteiger partial charge in [-0.15, -0.1) is 5.10 Å². The molecule has 0 saturated heterocycles. The van der Waals surface area contributed by atoms with E-state index >= 15 is 0 Å². The van der Waals surface area contributed by atoms with Crippen molar-refractivity contribution in [2.45, 2.75) is 33.2 Å². The Bertz CT molecular complexity index is 703. The Labute approximate surface area is 113 Å². The number of amides is 1. The first-order valence-electron chi connectivity index (χ1n) is 5.90. The number of hydrogen-bond donors (Lipinski definition) is 2. The molecule has 20 heavy (non-hydrogen) atoms. The highest BCUT2D eigenvalue weighted by Crippen LogP contribution is 2.13. The van der Waals surface area contributed by atoms with Gasteiger partial charge in [0.05, 0.1) is 6.10 Å². The molecule has 0 aliphatic carbocycles. The second-order valence-corrected chi connectivity index (χ2v) is 4.45. The molecule has 0 aromatic carbocycles. The van der Waals surface area contributed by atoms with Crippen LogP contribution in [-0.4, -0.2) is 36.8 Å². The quantitative estimate of drug-likeness (QED) is 0.674. The third-order valence-electron chi connectivity index (χ3n) is 2.48. The highest BCUT2D eigenvalue weighted by Gasteiger charge is 2.17. The number of nitrogen functional groups attached to an aromatic ring is 1. The minimum Gasteiger partial charge on any atom is -0.380 e. The molecule has 0 aliphatic heterocycles. The van der Waals surface area contributed by atoms with E-state index in [9.17, 15) is 9.59 Å². The van der Waals surface area contributed by atoms with Crippen LogP contribution in [0.2, 0.25) is 0 Å². The summed E-state index contributed by atoms with van der Waals surface area (Å²) in [6.07, 6.45) is -0.0694. The van der Waals surface area contributed by atoms with E-state index in [0.717, 1.165) is 9.36 Å². The average Bonchev–Trinajstić information content (AvgIpc) is 2.65. The van der Waals surface area contributed by atoms with Crippen molar-refractivity contribution in [2.24, 2.45) is 5.73 Å². The van der Waals surface area contributed by atoms with Crippen molar-refractivity contribution >= 4 is 22.8 Å². The van der Waals surface area contributed by atoms with E-state index in [1.807, 2.05) is 13.8 Å². The zero-order valence-electron chi connectivity index (χ0n) is 11.1. The Morgan fingerprint density at radius 1 is 1.40 bits per heavy atom. The number of nitrogens with zero attached hydrogens (tertiary/aromatic N) is 5. The van der Waals surface area contributed by atoms with Gasteiger partial charge in [-0.05, 0) is 13.8 Å². The van der Waals surface area contributed by atoms with E-state index in [0.29, 0.717) is 0 Å². The third-order valence-corrected chi connectivity index (χ3v) is 2.48. The highest BCUT2D eigenvalue weighted by molar-refractivity contribution is 5.85. The van der Waals surface area contributed by atoms with Crippen LogP contribution in [0.5, 0.6) is 0 Å². The van der Waals surface area contributed by atoms with Crippen molar-refractivity contribution in [3.05, 3.63) is 10.4 Å². The van der Waals surface area contributed by atoms with E-state index in [1.54, 1.807) is 0 Å². The number of carbonyl (C=O) groups excluding carboxylic acids is 1. The molecule has 2 aromatic rings. The van der Waals surface area contributed by atoms with E-state index < -0.39 is 11.5 Å². The molecule has 2 rings (SSSR count). The summed E-state index contributed by atoms with van der Waals surface area (Å²) in [4.78, 5) is 23.3. The van der Waals surface area contributed by atoms with Gasteiger partial charge in [0.15, 0.2) is 16.9 Å². The summed E-state index contributed by atoms with van der Waals surface area (Å²) in [6, 6.07) is 0. The molecule has 0 saturated carbocycles. The second-order valence-electron chi connectivity index (χ2n) is 4.45. The summed E-state index contributed by atoms with van der Waals surface area (Å²) in [5, 5.41) is 11.4. The molecule has 0 spiro atoms. The molecule has 0 fully saturated rings. The van der Waals surface area contributed by atoms with Gasteiger partial charge >= 0.3 is 0 Å². The lowest BCUT2D eigenvalue weighted by Crippen LogP contribution is -2.29. The monoisotopic (exact) mass is 281 g/mol.